The van der Waals surface area contributed by atoms with E-state index in [1.807, 2.05) is 0 Å². The van der Waals surface area contributed by atoms with Crippen LogP contribution in [0.1, 0.15) is 44.7 Å². The number of hydrogen-bond acceptors (Lipinski definition) is 3. The lowest BCUT2D eigenvalue weighted by Crippen LogP contribution is -2.46. The Kier molecular flexibility index (Phi) is 6.16. The second-order valence-corrected chi connectivity index (χ2v) is 8.38. The summed E-state index contributed by atoms with van der Waals surface area (Å²) in [5.74, 6) is -1.23. The highest BCUT2D eigenvalue weighted by Gasteiger charge is 2.28. The number of fused-ring (bicyclic) bond motifs is 1. The van der Waals surface area contributed by atoms with Gasteiger partial charge in [0.05, 0.1) is 22.6 Å². The molecule has 0 saturated carbocycles. The number of likely N-dealkylation sites (tertiary alicyclic amines) is 1. The maximum Gasteiger partial charge on any atom is 0.256 e. The summed E-state index contributed by atoms with van der Waals surface area (Å²) in [7, 11) is 0. The lowest BCUT2D eigenvalue weighted by molar-refractivity contribution is -0.115. The minimum Gasteiger partial charge on any atom is -0.349 e. The predicted molar refractivity (Wildman–Crippen MR) is 116 cm³/mol. The number of anilines is 1. The maximum absolute atomic E-state index is 14.2. The first kappa shape index (κ1) is 21.6. The summed E-state index contributed by atoms with van der Waals surface area (Å²) < 4.78 is 14.2. The molecule has 2 aliphatic rings. The summed E-state index contributed by atoms with van der Waals surface area (Å²) in [6.07, 6.45) is 1.30. The van der Waals surface area contributed by atoms with Gasteiger partial charge in [-0.1, -0.05) is 17.7 Å². The van der Waals surface area contributed by atoms with E-state index in [-0.39, 0.29) is 46.7 Å². The summed E-state index contributed by atoms with van der Waals surface area (Å²) in [5, 5.41) is 5.91. The number of hydrogen-bond donors (Lipinski definition) is 2. The molecule has 2 N–H and O–H groups in total. The highest BCUT2D eigenvalue weighted by Crippen LogP contribution is 2.30. The van der Waals surface area contributed by atoms with Gasteiger partial charge in [-0.3, -0.25) is 14.4 Å². The van der Waals surface area contributed by atoms with Gasteiger partial charge in [0.2, 0.25) is 5.91 Å². The third kappa shape index (κ3) is 4.52. The summed E-state index contributed by atoms with van der Waals surface area (Å²) in [5.41, 5.74) is 2.32. The smallest absolute Gasteiger partial charge is 0.256 e. The van der Waals surface area contributed by atoms with Crippen LogP contribution in [0.4, 0.5) is 10.1 Å². The van der Waals surface area contributed by atoms with Crippen LogP contribution in [-0.2, 0) is 17.1 Å². The first-order chi connectivity index (χ1) is 14.9. The molecule has 31 heavy (non-hydrogen) atoms. The number of carbonyl (C=O) groups excluding carboxylic acids is 3. The monoisotopic (exact) mass is 463 g/mol. The number of halogens is 3. The lowest BCUT2D eigenvalue weighted by Gasteiger charge is -2.32. The van der Waals surface area contributed by atoms with Crippen molar-refractivity contribution in [3.8, 4) is 0 Å². The second-order valence-electron chi connectivity index (χ2n) is 7.70. The molecule has 0 aliphatic carbocycles. The Morgan fingerprint density at radius 3 is 2.58 bits per heavy atom. The van der Waals surface area contributed by atoms with Crippen molar-refractivity contribution in [2.24, 2.45) is 0 Å². The number of piperidine rings is 1. The standard InChI is InChI=1S/C22H20Cl2FN3O3/c23-11-12-1-2-15(18(25)7-12)22(31)28-5-3-14(4-6-28)26-21(30)16-8-13-9-20(29)27-19(13)10-17(16)24/h1-2,7-8,10,14H,3-6,9,11H2,(H,26,30)(H,27,29). The van der Waals surface area contributed by atoms with E-state index in [0.717, 1.165) is 5.56 Å². The van der Waals surface area contributed by atoms with Gasteiger partial charge in [0.15, 0.2) is 0 Å². The Bertz CT molecular complexity index is 1070. The van der Waals surface area contributed by atoms with E-state index in [0.29, 0.717) is 42.7 Å². The van der Waals surface area contributed by atoms with Crippen LogP contribution < -0.4 is 10.6 Å². The zero-order chi connectivity index (χ0) is 22.1. The lowest BCUT2D eigenvalue weighted by atomic mass is 10.0. The predicted octanol–water partition coefficient (Wildman–Crippen LogP) is 3.75. The highest BCUT2D eigenvalue weighted by molar-refractivity contribution is 6.34. The van der Waals surface area contributed by atoms with Crippen molar-refractivity contribution < 1.29 is 18.8 Å². The van der Waals surface area contributed by atoms with Crippen molar-refractivity contribution in [3.63, 3.8) is 0 Å². The minimum absolute atomic E-state index is 0.0180. The number of nitrogens with zero attached hydrogens (tertiary/aromatic N) is 1. The van der Waals surface area contributed by atoms with Crippen LogP contribution in [0.25, 0.3) is 0 Å². The van der Waals surface area contributed by atoms with E-state index in [1.54, 1.807) is 23.1 Å². The van der Waals surface area contributed by atoms with Crippen molar-refractivity contribution in [1.29, 1.82) is 0 Å². The Balaban J connectivity index is 1.36. The number of rotatable bonds is 4. The van der Waals surface area contributed by atoms with Crippen molar-refractivity contribution in [1.82, 2.24) is 10.2 Å². The summed E-state index contributed by atoms with van der Waals surface area (Å²) in [4.78, 5) is 38.5. The third-order valence-corrected chi connectivity index (χ3v) is 6.22. The summed E-state index contributed by atoms with van der Waals surface area (Å²) >= 11 is 11.9. The van der Waals surface area contributed by atoms with E-state index in [2.05, 4.69) is 10.6 Å². The van der Waals surface area contributed by atoms with Crippen LogP contribution in [0.5, 0.6) is 0 Å². The zero-order valence-electron chi connectivity index (χ0n) is 16.5. The Morgan fingerprint density at radius 1 is 1.16 bits per heavy atom. The van der Waals surface area contributed by atoms with E-state index >= 15 is 0 Å². The SMILES string of the molecule is O=C1Cc2cc(C(=O)NC3CCN(C(=O)c4ccc(CCl)cc4F)CC3)c(Cl)cc2N1. The van der Waals surface area contributed by atoms with Gasteiger partial charge in [-0.2, -0.15) is 0 Å². The molecule has 1 fully saturated rings. The normalized spacial score (nSPS) is 16.1. The molecular formula is C22H20Cl2FN3O3. The number of amides is 3. The maximum atomic E-state index is 14.2. The molecule has 162 valence electrons. The van der Waals surface area contributed by atoms with Gasteiger partial charge < -0.3 is 15.5 Å². The molecule has 2 aliphatic heterocycles. The van der Waals surface area contributed by atoms with Gasteiger partial charge in [0.25, 0.3) is 11.8 Å². The zero-order valence-corrected chi connectivity index (χ0v) is 18.0. The fourth-order valence-electron chi connectivity index (χ4n) is 3.90. The summed E-state index contributed by atoms with van der Waals surface area (Å²) in [6.45, 7) is 0.799. The van der Waals surface area contributed by atoms with E-state index in [9.17, 15) is 18.8 Å². The number of benzene rings is 2. The van der Waals surface area contributed by atoms with Crippen LogP contribution in [0.15, 0.2) is 30.3 Å². The quantitative estimate of drug-likeness (QED) is 0.677. The molecule has 0 bridgehead atoms. The molecule has 2 aromatic rings. The Morgan fingerprint density at radius 2 is 1.90 bits per heavy atom. The third-order valence-electron chi connectivity index (χ3n) is 5.60. The first-order valence-electron chi connectivity index (χ1n) is 9.92. The van der Waals surface area contributed by atoms with Crippen molar-refractivity contribution >= 4 is 46.6 Å². The van der Waals surface area contributed by atoms with E-state index in [1.165, 1.54) is 12.1 Å². The average Bonchev–Trinajstić information content (AvgIpc) is 3.11. The largest absolute Gasteiger partial charge is 0.349 e. The van der Waals surface area contributed by atoms with Crippen molar-refractivity contribution in [3.05, 3.63) is 63.4 Å². The number of nitrogens with one attached hydrogen (secondary N) is 2. The van der Waals surface area contributed by atoms with Crippen LogP contribution in [0.2, 0.25) is 5.02 Å². The molecule has 9 heteroatoms. The van der Waals surface area contributed by atoms with Gasteiger partial charge in [-0.25, -0.2) is 4.39 Å². The van der Waals surface area contributed by atoms with Gasteiger partial charge in [-0.15, -0.1) is 11.6 Å². The van der Waals surface area contributed by atoms with Crippen molar-refractivity contribution in [2.45, 2.75) is 31.2 Å². The first-order valence-corrected chi connectivity index (χ1v) is 10.8. The Hall–Kier alpha value is -2.64. The molecule has 0 aromatic heterocycles. The molecule has 0 spiro atoms. The van der Waals surface area contributed by atoms with Gasteiger partial charge >= 0.3 is 0 Å². The topological polar surface area (TPSA) is 78.5 Å². The fraction of sp³-hybridized carbons (Fsp3) is 0.318. The van der Waals surface area contributed by atoms with E-state index in [4.69, 9.17) is 23.2 Å². The molecule has 4 rings (SSSR count). The average molecular weight is 464 g/mol. The molecule has 3 amide bonds. The molecule has 0 radical (unpaired) electrons. The van der Waals surface area contributed by atoms with Gasteiger partial charge in [0.1, 0.15) is 5.82 Å². The van der Waals surface area contributed by atoms with Crippen molar-refractivity contribution in [2.75, 3.05) is 18.4 Å². The molecule has 2 heterocycles. The molecule has 0 unspecified atom stereocenters. The molecule has 1 saturated heterocycles. The fourth-order valence-corrected chi connectivity index (χ4v) is 4.31. The van der Waals surface area contributed by atoms with Gasteiger partial charge in [-0.05, 0) is 48.2 Å². The second kappa shape index (κ2) is 8.85. The molecular weight excluding hydrogens is 444 g/mol. The number of carbonyl (C=O) groups is 3. The Labute approximate surface area is 188 Å². The molecule has 6 nitrogen and oxygen atoms in total. The summed E-state index contributed by atoms with van der Waals surface area (Å²) in [6, 6.07) is 7.46. The molecule has 0 atom stereocenters. The van der Waals surface area contributed by atoms with Crippen LogP contribution in [0.3, 0.4) is 0 Å². The van der Waals surface area contributed by atoms with Gasteiger partial charge in [0, 0.05) is 30.7 Å². The van der Waals surface area contributed by atoms with Crippen LogP contribution in [-0.4, -0.2) is 41.8 Å². The number of alkyl halides is 1. The van der Waals surface area contributed by atoms with E-state index < -0.39 is 5.82 Å². The highest BCUT2D eigenvalue weighted by atomic mass is 35.5. The van der Waals surface area contributed by atoms with Crippen LogP contribution >= 0.6 is 23.2 Å². The molecule has 2 aromatic carbocycles. The van der Waals surface area contributed by atoms with Crippen LogP contribution in [0, 0.1) is 5.82 Å². The minimum atomic E-state index is -0.585.